The second-order valence-corrected chi connectivity index (χ2v) is 6.79. The lowest BCUT2D eigenvalue weighted by atomic mass is 10.1. The van der Waals surface area contributed by atoms with Crippen molar-refractivity contribution in [1.82, 2.24) is 19.4 Å². The van der Waals surface area contributed by atoms with Crippen LogP contribution in [0.25, 0.3) is 0 Å². The second kappa shape index (κ2) is 7.90. The Morgan fingerprint density at radius 1 is 1.29 bits per heavy atom. The summed E-state index contributed by atoms with van der Waals surface area (Å²) < 4.78 is 2.87. The van der Waals surface area contributed by atoms with Crippen LogP contribution in [0.15, 0.2) is 14.6 Å². The Hall–Kier alpha value is -1.73. The molecule has 0 saturated carbocycles. The molecular weight excluding hydrogens is 306 g/mol. The first-order valence-corrected chi connectivity index (χ1v) is 8.57. The van der Waals surface area contributed by atoms with Gasteiger partial charge in [-0.15, -0.1) is 0 Å². The minimum atomic E-state index is -0.270. The van der Waals surface area contributed by atoms with E-state index < -0.39 is 0 Å². The van der Waals surface area contributed by atoms with Crippen molar-refractivity contribution in [2.24, 2.45) is 12.0 Å². The van der Waals surface area contributed by atoms with E-state index in [1.165, 1.54) is 9.13 Å². The third-order valence-electron chi connectivity index (χ3n) is 4.77. The zero-order valence-electron chi connectivity index (χ0n) is 15.4. The van der Waals surface area contributed by atoms with E-state index >= 15 is 0 Å². The van der Waals surface area contributed by atoms with E-state index in [9.17, 15) is 9.59 Å². The molecule has 0 saturated heterocycles. The monoisotopic (exact) mass is 335 g/mol. The summed E-state index contributed by atoms with van der Waals surface area (Å²) in [6, 6.07) is 0.502. The van der Waals surface area contributed by atoms with Gasteiger partial charge in [0.25, 0.3) is 5.56 Å². The highest BCUT2D eigenvalue weighted by Gasteiger charge is 2.23. The fourth-order valence-electron chi connectivity index (χ4n) is 2.98. The highest BCUT2D eigenvalue weighted by Crippen LogP contribution is 2.21. The predicted molar refractivity (Wildman–Crippen MR) is 97.7 cm³/mol. The van der Waals surface area contributed by atoms with Crippen LogP contribution in [0.4, 0.5) is 5.82 Å². The van der Waals surface area contributed by atoms with Crippen LogP contribution < -0.4 is 16.6 Å². The first-order chi connectivity index (χ1) is 11.4. The topological polar surface area (TPSA) is 71.6 Å². The zero-order valence-corrected chi connectivity index (χ0v) is 15.4. The van der Waals surface area contributed by atoms with Gasteiger partial charge >= 0.3 is 5.69 Å². The molecule has 1 aromatic heterocycles. The standard InChI is InChI=1S/C17H29N5O2/c1-12(20(3)4)8-6-7-9-22-16(23)14-10-13(11-18-2)19-15(14)21(5)17(22)24/h12,18H,6-11H2,1-5H3/t12-/m1/s1. The van der Waals surface area contributed by atoms with Crippen LogP contribution in [-0.4, -0.2) is 53.5 Å². The van der Waals surface area contributed by atoms with E-state index in [4.69, 9.17) is 0 Å². The molecule has 0 unspecified atom stereocenters. The quantitative estimate of drug-likeness (QED) is 0.703. The fraction of sp³-hybridized carbons (Fsp3) is 0.706. The SMILES string of the molecule is CNCC1=Nc2c(c(=O)n(CCCC[C@@H](C)N(C)C)c(=O)n2C)C1. The van der Waals surface area contributed by atoms with Crippen LogP contribution in [0.1, 0.15) is 31.7 Å². The van der Waals surface area contributed by atoms with Gasteiger partial charge in [-0.2, -0.15) is 0 Å². The van der Waals surface area contributed by atoms with Crippen molar-refractivity contribution in [3.63, 3.8) is 0 Å². The molecule has 24 heavy (non-hydrogen) atoms. The summed E-state index contributed by atoms with van der Waals surface area (Å²) in [5.74, 6) is 0.521. The largest absolute Gasteiger partial charge is 0.332 e. The number of aliphatic imine (C=N–C) groups is 1. The molecule has 2 heterocycles. The number of hydrogen-bond acceptors (Lipinski definition) is 5. The maximum Gasteiger partial charge on any atom is 0.332 e. The molecule has 1 N–H and O–H groups in total. The van der Waals surface area contributed by atoms with Crippen LogP contribution in [0.2, 0.25) is 0 Å². The van der Waals surface area contributed by atoms with Gasteiger partial charge in [0, 0.05) is 38.3 Å². The van der Waals surface area contributed by atoms with Crippen molar-refractivity contribution in [3.8, 4) is 0 Å². The number of nitrogens with zero attached hydrogens (tertiary/aromatic N) is 4. The molecule has 1 atom stereocenters. The molecule has 134 valence electrons. The Kier molecular flexibility index (Phi) is 6.12. The Labute approximate surface area is 143 Å². The molecule has 0 radical (unpaired) electrons. The smallest absolute Gasteiger partial charge is 0.315 e. The molecule has 0 amide bonds. The highest BCUT2D eigenvalue weighted by molar-refractivity contribution is 5.94. The summed E-state index contributed by atoms with van der Waals surface area (Å²) in [4.78, 5) is 31.8. The average Bonchev–Trinajstić information content (AvgIpc) is 2.96. The average molecular weight is 335 g/mol. The van der Waals surface area contributed by atoms with E-state index in [1.807, 2.05) is 7.05 Å². The molecule has 1 aliphatic heterocycles. The summed E-state index contributed by atoms with van der Waals surface area (Å²) in [6.45, 7) is 3.28. The molecule has 2 rings (SSSR count). The molecule has 7 heteroatoms. The summed E-state index contributed by atoms with van der Waals surface area (Å²) in [7, 11) is 7.66. The number of fused-ring (bicyclic) bond motifs is 1. The third kappa shape index (κ3) is 3.84. The Morgan fingerprint density at radius 3 is 2.62 bits per heavy atom. The normalized spacial score (nSPS) is 14.8. The maximum atomic E-state index is 12.7. The molecule has 0 aliphatic carbocycles. The van der Waals surface area contributed by atoms with Crippen LogP contribution in [0.3, 0.4) is 0 Å². The lowest BCUT2D eigenvalue weighted by molar-refractivity contribution is 0.290. The summed E-state index contributed by atoms with van der Waals surface area (Å²) in [6.07, 6.45) is 3.41. The number of hydrogen-bond donors (Lipinski definition) is 1. The van der Waals surface area contributed by atoms with Gasteiger partial charge in [-0.3, -0.25) is 13.9 Å². The molecule has 0 aromatic carbocycles. The van der Waals surface area contributed by atoms with Gasteiger partial charge in [-0.25, -0.2) is 9.79 Å². The number of nitrogens with one attached hydrogen (secondary N) is 1. The highest BCUT2D eigenvalue weighted by atomic mass is 16.2. The van der Waals surface area contributed by atoms with Crippen molar-refractivity contribution < 1.29 is 0 Å². The van der Waals surface area contributed by atoms with E-state index in [1.54, 1.807) is 7.05 Å². The van der Waals surface area contributed by atoms with Crippen LogP contribution in [0, 0.1) is 0 Å². The number of rotatable bonds is 8. The molecular formula is C17H29N5O2. The van der Waals surface area contributed by atoms with Crippen LogP contribution in [-0.2, 0) is 20.0 Å². The summed E-state index contributed by atoms with van der Waals surface area (Å²) in [5, 5.41) is 3.04. The van der Waals surface area contributed by atoms with E-state index in [-0.39, 0.29) is 11.2 Å². The van der Waals surface area contributed by atoms with Crippen molar-refractivity contribution >= 4 is 11.5 Å². The Bertz CT molecular complexity index is 730. The minimum Gasteiger partial charge on any atom is -0.315 e. The third-order valence-corrected chi connectivity index (χ3v) is 4.77. The molecule has 0 fully saturated rings. The van der Waals surface area contributed by atoms with Gasteiger partial charge < -0.3 is 10.2 Å². The molecule has 7 nitrogen and oxygen atoms in total. The Morgan fingerprint density at radius 2 is 2.00 bits per heavy atom. The lowest BCUT2D eigenvalue weighted by Crippen LogP contribution is -2.40. The fourth-order valence-corrected chi connectivity index (χ4v) is 2.98. The van der Waals surface area contributed by atoms with Gasteiger partial charge in [-0.1, -0.05) is 6.42 Å². The number of unbranched alkanes of at least 4 members (excludes halogenated alkanes) is 1. The second-order valence-electron chi connectivity index (χ2n) is 6.79. The van der Waals surface area contributed by atoms with Crippen LogP contribution >= 0.6 is 0 Å². The zero-order chi connectivity index (χ0) is 17.9. The maximum absolute atomic E-state index is 12.7. The molecule has 1 aliphatic rings. The lowest BCUT2D eigenvalue weighted by Gasteiger charge is -2.19. The van der Waals surface area contributed by atoms with Gasteiger partial charge in [0.2, 0.25) is 0 Å². The van der Waals surface area contributed by atoms with Crippen LogP contribution in [0.5, 0.6) is 0 Å². The first-order valence-electron chi connectivity index (χ1n) is 8.57. The minimum absolute atomic E-state index is 0.177. The van der Waals surface area contributed by atoms with Gasteiger partial charge in [-0.05, 0) is 40.9 Å². The summed E-state index contributed by atoms with van der Waals surface area (Å²) in [5.41, 5.74) is 1.10. The molecule has 0 spiro atoms. The Balaban J connectivity index is 2.12. The van der Waals surface area contributed by atoms with Crippen molar-refractivity contribution in [1.29, 1.82) is 0 Å². The van der Waals surface area contributed by atoms with E-state index in [2.05, 4.69) is 36.2 Å². The van der Waals surface area contributed by atoms with Crippen molar-refractivity contribution in [3.05, 3.63) is 26.4 Å². The van der Waals surface area contributed by atoms with E-state index in [0.29, 0.717) is 36.9 Å². The van der Waals surface area contributed by atoms with Crippen molar-refractivity contribution in [2.75, 3.05) is 27.7 Å². The van der Waals surface area contributed by atoms with Crippen molar-refractivity contribution in [2.45, 2.75) is 45.2 Å². The molecule has 1 aromatic rings. The van der Waals surface area contributed by atoms with Gasteiger partial charge in [0.1, 0.15) is 5.82 Å². The predicted octanol–water partition coefficient (Wildman–Crippen LogP) is 0.515. The first kappa shape index (κ1) is 18.6. The van der Waals surface area contributed by atoms with E-state index in [0.717, 1.165) is 25.0 Å². The molecule has 0 bridgehead atoms. The van der Waals surface area contributed by atoms with Gasteiger partial charge in [0.15, 0.2) is 0 Å². The number of aromatic nitrogens is 2. The van der Waals surface area contributed by atoms with Gasteiger partial charge in [0.05, 0.1) is 5.56 Å². The summed E-state index contributed by atoms with van der Waals surface area (Å²) >= 11 is 0.